The fourth-order valence-electron chi connectivity index (χ4n) is 4.29. The van der Waals surface area contributed by atoms with Crippen molar-refractivity contribution in [2.45, 2.75) is 83.0 Å². The maximum absolute atomic E-state index is 12.6. The van der Waals surface area contributed by atoms with Crippen molar-refractivity contribution in [2.24, 2.45) is 4.99 Å². The molecule has 2 N–H and O–H groups in total. The van der Waals surface area contributed by atoms with Gasteiger partial charge in [-0.15, -0.1) is 14.5 Å². The third-order valence-corrected chi connectivity index (χ3v) is 7.30. The number of aromatic nitrogens is 2. The summed E-state index contributed by atoms with van der Waals surface area (Å²) in [5.74, 6) is 0.691. The van der Waals surface area contributed by atoms with Crippen molar-refractivity contribution in [3.05, 3.63) is 10.0 Å². The molecular weight excluding hydrogens is 488 g/mol. The van der Waals surface area contributed by atoms with Gasteiger partial charge < -0.3 is 9.64 Å². The lowest BCUT2D eigenvalue weighted by molar-refractivity contribution is -0.0317. The number of aliphatic imine (C=N–C) groups is 1. The first-order valence-electron chi connectivity index (χ1n) is 10.9. The van der Waals surface area contributed by atoms with Crippen molar-refractivity contribution < 1.29 is 31.6 Å². The van der Waals surface area contributed by atoms with Crippen molar-refractivity contribution in [3.63, 3.8) is 0 Å². The van der Waals surface area contributed by atoms with Gasteiger partial charge in [-0.3, -0.25) is 14.9 Å². The van der Waals surface area contributed by atoms with Crippen LogP contribution in [0.2, 0.25) is 0 Å². The second-order valence-electron chi connectivity index (χ2n) is 9.65. The molecule has 4 rings (SSSR count). The van der Waals surface area contributed by atoms with Crippen molar-refractivity contribution in [3.8, 4) is 0 Å². The number of carbonyl (C=O) groups is 2. The summed E-state index contributed by atoms with van der Waals surface area (Å²) in [4.78, 5) is 30.5. The highest BCUT2D eigenvalue weighted by Gasteiger charge is 2.48. The first-order valence-corrected chi connectivity index (χ1v) is 13.1. The van der Waals surface area contributed by atoms with Crippen molar-refractivity contribution in [2.75, 3.05) is 6.54 Å². The number of alkyl carbamates (subject to hydrolysis) is 1. The lowest BCUT2D eigenvalue weighted by atomic mass is 9.81. The number of carbonyl (C=O) groups excluding carboxylic acids is 2. The van der Waals surface area contributed by atoms with Gasteiger partial charge in [-0.05, 0) is 53.4 Å². The Morgan fingerprint density at radius 3 is 2.56 bits per heavy atom. The van der Waals surface area contributed by atoms with Crippen LogP contribution in [0.4, 0.5) is 9.59 Å². The third kappa shape index (κ3) is 5.64. The molecule has 2 atom stereocenters. The molecule has 3 fully saturated rings. The normalized spacial score (nSPS) is 27.6. The molecule has 1 saturated carbocycles. The minimum Gasteiger partial charge on any atom is -0.444 e. The van der Waals surface area contributed by atoms with Crippen LogP contribution < -0.4 is 5.32 Å². The largest absolute Gasteiger partial charge is 0.444 e. The summed E-state index contributed by atoms with van der Waals surface area (Å²) in [6, 6.07) is -1.32. The number of fused-ring (bicyclic) bond motifs is 2. The summed E-state index contributed by atoms with van der Waals surface area (Å²) in [5.41, 5.74) is -0.581. The standard InChI is InChI=1S/C19H28N6O7S2/c1-10(21-17(26)31-19(2,3)4)20-12-7-11(8-12)15-22-23-16(33-15)14-6-5-13-9-24(14)18(27)25(13)32-34(28,29)30/h11-14H,5-9H2,1-4H3,(H,20,21,26)(H,28,29,30). The quantitative estimate of drug-likeness (QED) is 0.340. The van der Waals surface area contributed by atoms with E-state index < -0.39 is 34.2 Å². The molecule has 0 aromatic carbocycles. The van der Waals surface area contributed by atoms with Crippen LogP contribution in [0.15, 0.2) is 4.99 Å². The molecule has 15 heteroatoms. The number of hydroxylamine groups is 2. The Labute approximate surface area is 201 Å². The van der Waals surface area contributed by atoms with Gasteiger partial charge in [0.15, 0.2) is 0 Å². The zero-order valence-corrected chi connectivity index (χ0v) is 20.9. The molecule has 13 nitrogen and oxygen atoms in total. The lowest BCUT2D eigenvalue weighted by Crippen LogP contribution is -2.36. The van der Waals surface area contributed by atoms with E-state index in [-0.39, 0.29) is 24.5 Å². The number of rotatable bonds is 5. The highest BCUT2D eigenvalue weighted by atomic mass is 32.3. The monoisotopic (exact) mass is 516 g/mol. The number of amides is 3. The maximum Gasteiger partial charge on any atom is 0.418 e. The predicted octanol–water partition coefficient (Wildman–Crippen LogP) is 2.40. The molecule has 3 heterocycles. The van der Waals surface area contributed by atoms with E-state index in [0.29, 0.717) is 23.7 Å². The molecule has 2 saturated heterocycles. The van der Waals surface area contributed by atoms with Gasteiger partial charge >= 0.3 is 22.5 Å². The molecule has 2 unspecified atom stereocenters. The number of nitrogens with one attached hydrogen (secondary N) is 1. The van der Waals surface area contributed by atoms with Gasteiger partial charge in [0.05, 0.1) is 18.1 Å². The van der Waals surface area contributed by atoms with E-state index in [9.17, 15) is 18.0 Å². The Kier molecular flexibility index (Phi) is 6.56. The minimum atomic E-state index is -4.78. The number of piperidine rings is 1. The zero-order valence-electron chi connectivity index (χ0n) is 19.3. The number of nitrogens with zero attached hydrogens (tertiary/aromatic N) is 5. The summed E-state index contributed by atoms with van der Waals surface area (Å²) < 4.78 is 40.7. The topological polar surface area (TPSA) is 164 Å². The van der Waals surface area contributed by atoms with E-state index in [1.165, 1.54) is 16.2 Å². The van der Waals surface area contributed by atoms with Crippen LogP contribution in [0.5, 0.6) is 0 Å². The number of hydrogen-bond donors (Lipinski definition) is 2. The number of urea groups is 1. The van der Waals surface area contributed by atoms with E-state index in [4.69, 9.17) is 9.29 Å². The van der Waals surface area contributed by atoms with Gasteiger partial charge in [-0.2, -0.15) is 13.5 Å². The average Bonchev–Trinajstić information content (AvgIpc) is 3.22. The second-order valence-corrected chi connectivity index (χ2v) is 11.7. The Morgan fingerprint density at radius 1 is 1.24 bits per heavy atom. The third-order valence-electron chi connectivity index (χ3n) is 5.76. The fraction of sp³-hybridized carbons (Fsp3) is 0.737. The van der Waals surface area contributed by atoms with Gasteiger partial charge in [0, 0.05) is 12.5 Å². The van der Waals surface area contributed by atoms with Crippen LogP contribution in [0.1, 0.15) is 75.4 Å². The van der Waals surface area contributed by atoms with Gasteiger partial charge in [-0.1, -0.05) is 11.3 Å². The molecule has 2 aliphatic heterocycles. The molecule has 1 aliphatic carbocycles. The summed E-state index contributed by atoms with van der Waals surface area (Å²) in [6.45, 7) is 7.39. The number of hydrogen-bond acceptors (Lipinski definition) is 10. The molecule has 1 aromatic heterocycles. The Balaban J connectivity index is 1.32. The highest BCUT2D eigenvalue weighted by molar-refractivity contribution is 7.80. The Hall–Kier alpha value is -2.36. The van der Waals surface area contributed by atoms with Crippen molar-refractivity contribution in [1.29, 1.82) is 0 Å². The molecule has 188 valence electrons. The average molecular weight is 517 g/mol. The van der Waals surface area contributed by atoms with Gasteiger partial charge in [0.1, 0.15) is 21.5 Å². The predicted molar refractivity (Wildman–Crippen MR) is 120 cm³/mol. The fourth-order valence-corrected chi connectivity index (χ4v) is 5.79. The number of amidine groups is 1. The molecule has 34 heavy (non-hydrogen) atoms. The Morgan fingerprint density at radius 2 is 1.91 bits per heavy atom. The summed E-state index contributed by atoms with van der Waals surface area (Å²) in [6.07, 6.45) is 2.11. The summed E-state index contributed by atoms with van der Waals surface area (Å²) in [5, 5.41) is 13.5. The molecule has 1 aromatic rings. The first kappa shape index (κ1) is 24.8. The van der Waals surface area contributed by atoms with Crippen LogP contribution in [0, 0.1) is 0 Å². The Bertz CT molecular complexity index is 1090. The molecule has 3 amide bonds. The van der Waals surface area contributed by atoms with Crippen LogP contribution in [-0.4, -0.2) is 75.3 Å². The highest BCUT2D eigenvalue weighted by Crippen LogP contribution is 2.44. The first-order chi connectivity index (χ1) is 15.8. The van der Waals surface area contributed by atoms with Gasteiger partial charge in [0.25, 0.3) is 0 Å². The molecule has 0 spiro atoms. The second kappa shape index (κ2) is 9.02. The number of ether oxygens (including phenoxy) is 1. The van der Waals surface area contributed by atoms with E-state index in [1.807, 2.05) is 0 Å². The zero-order chi connectivity index (χ0) is 24.8. The summed E-state index contributed by atoms with van der Waals surface area (Å²) in [7, 11) is -4.78. The molecule has 0 radical (unpaired) electrons. The smallest absolute Gasteiger partial charge is 0.418 e. The molecule has 3 aliphatic rings. The maximum atomic E-state index is 12.6. The summed E-state index contributed by atoms with van der Waals surface area (Å²) >= 11 is 1.43. The SMILES string of the molecule is CC(=NC1CC(c2nnc(C3CCC4CN3C(=O)N4OS(=O)(=O)O)s2)C1)NC(=O)OC(C)(C)C. The van der Waals surface area contributed by atoms with Crippen LogP contribution >= 0.6 is 11.3 Å². The van der Waals surface area contributed by atoms with Crippen LogP contribution in [0.3, 0.4) is 0 Å². The minimum absolute atomic E-state index is 0.0639. The van der Waals surface area contributed by atoms with E-state index >= 15 is 0 Å². The van der Waals surface area contributed by atoms with Crippen LogP contribution in [0.25, 0.3) is 0 Å². The van der Waals surface area contributed by atoms with Crippen molar-refractivity contribution in [1.82, 2.24) is 25.5 Å². The van der Waals surface area contributed by atoms with Gasteiger partial charge in [-0.25, -0.2) is 9.59 Å². The molecule has 2 bridgehead atoms. The van der Waals surface area contributed by atoms with E-state index in [0.717, 1.165) is 22.9 Å². The van der Waals surface area contributed by atoms with Crippen molar-refractivity contribution >= 4 is 39.7 Å². The van der Waals surface area contributed by atoms with E-state index in [2.05, 4.69) is 24.8 Å². The van der Waals surface area contributed by atoms with E-state index in [1.54, 1.807) is 27.7 Å². The van der Waals surface area contributed by atoms with Gasteiger partial charge in [0.2, 0.25) is 0 Å². The lowest BCUT2D eigenvalue weighted by Gasteiger charge is -2.31. The molecular formula is C19H28N6O7S2. The van der Waals surface area contributed by atoms with Crippen LogP contribution in [-0.2, 0) is 19.4 Å².